The number of nitrogens with zero attached hydrogens (tertiary/aromatic N) is 2. The van der Waals surface area contributed by atoms with E-state index >= 15 is 0 Å². The Morgan fingerprint density at radius 1 is 1.16 bits per heavy atom. The van der Waals surface area contributed by atoms with E-state index in [9.17, 15) is 20.1 Å². The number of hydrogen-bond acceptors (Lipinski definition) is 6. The molecular weight excluding hydrogens is 556 g/mol. The molecule has 4 fully saturated rings. The summed E-state index contributed by atoms with van der Waals surface area (Å²) >= 11 is 0. The average molecular weight is 607 g/mol. The molecule has 7 rings (SSSR count). The minimum Gasteiger partial charge on any atom is -0.478 e. The molecule has 5 aliphatic carbocycles. The van der Waals surface area contributed by atoms with Crippen molar-refractivity contribution in [3.63, 3.8) is 0 Å². The monoisotopic (exact) mass is 606 g/mol. The fourth-order valence-corrected chi connectivity index (χ4v) is 11.5. The lowest BCUT2D eigenvalue weighted by Gasteiger charge is -2.61. The van der Waals surface area contributed by atoms with E-state index in [0.29, 0.717) is 56.7 Å². The Morgan fingerprint density at radius 2 is 1.95 bits per heavy atom. The van der Waals surface area contributed by atoms with Crippen LogP contribution in [0.15, 0.2) is 52.7 Å². The molecule has 1 saturated heterocycles. The number of guanidine groups is 1. The number of carboxylic acid groups (broad SMARTS) is 1. The number of hydrogen-bond donors (Lipinski definition) is 5. The van der Waals surface area contributed by atoms with Crippen molar-refractivity contribution in [2.24, 2.45) is 57.1 Å². The number of aliphatic hydroxyl groups is 2. The van der Waals surface area contributed by atoms with Crippen LogP contribution in [-0.4, -0.2) is 83.2 Å². The summed E-state index contributed by atoms with van der Waals surface area (Å²) in [5, 5.41) is 37.0. The molecule has 6 N–H and O–H groups in total. The lowest BCUT2D eigenvalue weighted by molar-refractivity contribution is -0.199. The van der Waals surface area contributed by atoms with Crippen molar-refractivity contribution in [3.8, 4) is 0 Å². The molecule has 0 radical (unpaired) electrons. The summed E-state index contributed by atoms with van der Waals surface area (Å²) in [5.41, 5.74) is 5.14. The minimum absolute atomic E-state index is 0.00898. The predicted molar refractivity (Wildman–Crippen MR) is 168 cm³/mol. The van der Waals surface area contributed by atoms with Crippen molar-refractivity contribution in [2.75, 3.05) is 33.3 Å². The number of nitrogens with one attached hydrogen (secondary N) is 1. The van der Waals surface area contributed by atoms with Crippen LogP contribution in [0.4, 0.5) is 0 Å². The molecule has 0 unspecified atom stereocenters. The van der Waals surface area contributed by atoms with Crippen LogP contribution in [0.1, 0.15) is 58.3 Å². The van der Waals surface area contributed by atoms with Gasteiger partial charge in [0, 0.05) is 49.6 Å². The second-order valence-electron chi connectivity index (χ2n) is 14.8. The number of aliphatic hydroxyl groups excluding tert-OH is 1. The maximum Gasteiger partial charge on any atom is 0.334 e. The molecule has 2 heterocycles. The quantitative estimate of drug-likeness (QED) is 0.176. The van der Waals surface area contributed by atoms with Gasteiger partial charge in [-0.05, 0) is 86.5 Å². The number of rotatable bonds is 6. The average Bonchev–Trinajstić information content (AvgIpc) is 3.39. The lowest BCUT2D eigenvalue weighted by atomic mass is 9.45. The fourth-order valence-electron chi connectivity index (χ4n) is 11.5. The van der Waals surface area contributed by atoms with Crippen LogP contribution in [0.3, 0.4) is 0 Å². The van der Waals surface area contributed by atoms with Gasteiger partial charge in [0.2, 0.25) is 0 Å². The summed E-state index contributed by atoms with van der Waals surface area (Å²) in [4.78, 5) is 19.7. The van der Waals surface area contributed by atoms with Gasteiger partial charge in [-0.2, -0.15) is 0 Å². The highest BCUT2D eigenvalue weighted by molar-refractivity contribution is 5.92. The first-order valence-electron chi connectivity index (χ1n) is 16.9. The highest BCUT2D eigenvalue weighted by atomic mass is 16.5. The number of allylic oxidation sites excluding steroid dienone is 4. The molecule has 2 spiro atoms. The van der Waals surface area contributed by atoms with Gasteiger partial charge in [0.05, 0.1) is 24.4 Å². The van der Waals surface area contributed by atoms with Gasteiger partial charge in [0.25, 0.3) is 0 Å². The van der Waals surface area contributed by atoms with Gasteiger partial charge < -0.3 is 36.0 Å². The Kier molecular flexibility index (Phi) is 7.63. The van der Waals surface area contributed by atoms with Gasteiger partial charge in [-0.3, -0.25) is 4.99 Å². The Labute approximate surface area is 261 Å². The number of carboxylic acids is 1. The molecule has 0 amide bonds. The number of nitrogens with two attached hydrogens (primary N) is 1. The Hall–Kier alpha value is -2.46. The van der Waals surface area contributed by atoms with Crippen molar-refractivity contribution < 1.29 is 24.9 Å². The summed E-state index contributed by atoms with van der Waals surface area (Å²) < 4.78 is 6.98. The third kappa shape index (κ3) is 4.11. The normalized spacial score (nSPS) is 45.9. The van der Waals surface area contributed by atoms with Crippen LogP contribution in [-0.2, 0) is 9.53 Å². The van der Waals surface area contributed by atoms with E-state index in [0.717, 1.165) is 37.7 Å². The summed E-state index contributed by atoms with van der Waals surface area (Å²) in [6.07, 6.45) is 19.4. The summed E-state index contributed by atoms with van der Waals surface area (Å²) in [7, 11) is 1.70. The van der Waals surface area contributed by atoms with E-state index < -0.39 is 23.1 Å². The molecule has 240 valence electrons. The summed E-state index contributed by atoms with van der Waals surface area (Å²) in [5.74, 6) is 1.08. The third-order valence-corrected chi connectivity index (χ3v) is 13.3. The number of aliphatic carboxylic acids is 1. The molecule has 7 aliphatic rings. The van der Waals surface area contributed by atoms with Gasteiger partial charge in [-0.15, -0.1) is 0 Å². The summed E-state index contributed by atoms with van der Waals surface area (Å²) in [6.45, 7) is 4.11. The first-order valence-corrected chi connectivity index (χ1v) is 16.9. The van der Waals surface area contributed by atoms with E-state index in [1.807, 2.05) is 11.1 Å². The second-order valence-corrected chi connectivity index (χ2v) is 14.8. The standard InChI is InChI=1S/C35H50N4O5/c1-21-7-11-24-17-27-29(31(41)42)35(43,28-12-10-23-9-8-22-5-3-4-6-26(22)30(23)44-28)19-33(21,27)34(24)20-39(32(36)37-2)15-13-25(34)18-38-14-16-40/h3-6,13,15,21-26,28,30,38,40,43H,7-12,14,16-20H2,1-2H3,(H2,36,37)(H,41,42)/t21-,22+,23-,24-,25-,26+,28+,30+,33+,34-,35+/m1/s1. The van der Waals surface area contributed by atoms with Gasteiger partial charge in [0.15, 0.2) is 5.96 Å². The SMILES string of the molecule is CN=C(N)N1C=C[C@H](CNCCO)[C@@]2(C1)[C@@H]1CC[C@@H](C)[C@]23C[C@](O)([C@@H]2CC[C@H]4CC[C@@H]5C=CC=C[C@@H]5[C@H]4O2)C(C(=O)O)=C3C1. The predicted octanol–water partition coefficient (Wildman–Crippen LogP) is 3.21. The molecule has 2 aliphatic heterocycles. The van der Waals surface area contributed by atoms with Crippen molar-refractivity contribution in [1.82, 2.24) is 10.2 Å². The Balaban J connectivity index is 1.32. The molecule has 9 nitrogen and oxygen atoms in total. The van der Waals surface area contributed by atoms with Crippen molar-refractivity contribution in [2.45, 2.75) is 76.1 Å². The fraction of sp³-hybridized carbons (Fsp3) is 0.714. The van der Waals surface area contributed by atoms with Gasteiger partial charge >= 0.3 is 5.97 Å². The van der Waals surface area contributed by atoms with Crippen LogP contribution in [0.2, 0.25) is 0 Å². The van der Waals surface area contributed by atoms with Crippen molar-refractivity contribution in [1.29, 1.82) is 0 Å². The van der Waals surface area contributed by atoms with E-state index in [2.05, 4.69) is 47.6 Å². The molecule has 9 heteroatoms. The number of fused-ring (bicyclic) bond motifs is 3. The zero-order valence-corrected chi connectivity index (χ0v) is 26.2. The van der Waals surface area contributed by atoms with Crippen LogP contribution in [0.5, 0.6) is 0 Å². The van der Waals surface area contributed by atoms with Crippen molar-refractivity contribution >= 4 is 11.9 Å². The van der Waals surface area contributed by atoms with Crippen LogP contribution < -0.4 is 11.1 Å². The van der Waals surface area contributed by atoms with Crippen molar-refractivity contribution in [3.05, 3.63) is 47.7 Å². The number of aliphatic imine (C=N–C) groups is 1. The first-order chi connectivity index (χ1) is 21.2. The van der Waals surface area contributed by atoms with E-state index in [-0.39, 0.29) is 47.4 Å². The highest BCUT2D eigenvalue weighted by Gasteiger charge is 2.76. The molecular formula is C35H50N4O5. The maximum atomic E-state index is 13.4. The topological polar surface area (TPSA) is 141 Å². The van der Waals surface area contributed by atoms with Gasteiger partial charge in [-0.1, -0.05) is 37.3 Å². The molecule has 2 bridgehead atoms. The smallest absolute Gasteiger partial charge is 0.334 e. The largest absolute Gasteiger partial charge is 0.478 e. The minimum atomic E-state index is -1.57. The maximum absolute atomic E-state index is 13.4. The number of ether oxygens (including phenoxy) is 1. The molecule has 11 atom stereocenters. The number of carbonyl (C=O) groups is 1. The molecule has 44 heavy (non-hydrogen) atoms. The zero-order chi connectivity index (χ0) is 30.9. The first kappa shape index (κ1) is 30.2. The van der Waals surface area contributed by atoms with Crippen LogP contribution in [0, 0.1) is 46.3 Å². The van der Waals surface area contributed by atoms with E-state index in [1.165, 1.54) is 0 Å². The van der Waals surface area contributed by atoms with Crippen LogP contribution >= 0.6 is 0 Å². The third-order valence-electron chi connectivity index (χ3n) is 13.3. The summed E-state index contributed by atoms with van der Waals surface area (Å²) in [6, 6.07) is 0. The molecule has 0 aromatic carbocycles. The zero-order valence-electron chi connectivity index (χ0n) is 26.2. The lowest BCUT2D eigenvalue weighted by Crippen LogP contribution is -2.63. The van der Waals surface area contributed by atoms with Gasteiger partial charge in [-0.25, -0.2) is 4.79 Å². The Morgan fingerprint density at radius 3 is 2.73 bits per heavy atom. The molecule has 3 saturated carbocycles. The van der Waals surface area contributed by atoms with E-state index in [4.69, 9.17) is 10.5 Å². The molecule has 0 aromatic heterocycles. The highest BCUT2D eigenvalue weighted by Crippen LogP contribution is 2.77. The van der Waals surface area contributed by atoms with E-state index in [1.54, 1.807) is 7.05 Å². The Bertz CT molecular complexity index is 1320. The second kappa shape index (κ2) is 11.1. The van der Waals surface area contributed by atoms with Crippen LogP contribution in [0.25, 0.3) is 0 Å². The molecule has 0 aromatic rings. The van der Waals surface area contributed by atoms with Gasteiger partial charge in [0.1, 0.15) is 5.60 Å².